The molecule has 8 heteroatoms. The third kappa shape index (κ3) is 5.15. The van der Waals surface area contributed by atoms with Crippen molar-refractivity contribution in [2.45, 2.75) is 6.54 Å². The second-order valence-corrected chi connectivity index (χ2v) is 8.62. The molecule has 0 unspecified atom stereocenters. The highest BCUT2D eigenvalue weighted by molar-refractivity contribution is 14.1. The van der Waals surface area contributed by atoms with E-state index in [1.807, 2.05) is 6.07 Å². The Morgan fingerprint density at radius 2 is 1.97 bits per heavy atom. The van der Waals surface area contributed by atoms with Crippen LogP contribution in [-0.4, -0.2) is 29.8 Å². The van der Waals surface area contributed by atoms with E-state index in [0.717, 1.165) is 26.5 Å². The van der Waals surface area contributed by atoms with Crippen LogP contribution in [-0.2, 0) is 11.3 Å². The van der Waals surface area contributed by atoms with Gasteiger partial charge in [-0.05, 0) is 75.8 Å². The number of hydrogen-bond acceptors (Lipinski definition) is 5. The molecular weight excluding hydrogens is 525 g/mol. The quantitative estimate of drug-likeness (QED) is 0.254. The normalized spacial score (nSPS) is 15.1. The average molecular weight is 542 g/mol. The van der Waals surface area contributed by atoms with Crippen molar-refractivity contribution >= 4 is 63.2 Å². The van der Waals surface area contributed by atoms with Gasteiger partial charge in [-0.15, -0.1) is 0 Å². The Hall–Kier alpha value is -1.97. The lowest BCUT2D eigenvalue weighted by atomic mass is 10.1. The summed E-state index contributed by atoms with van der Waals surface area (Å²) in [6.07, 6.45) is 3.34. The summed E-state index contributed by atoms with van der Waals surface area (Å²) < 4.78 is 11.9. The summed E-state index contributed by atoms with van der Waals surface area (Å²) in [4.78, 5) is 26.7. The van der Waals surface area contributed by atoms with Crippen LogP contribution in [0.2, 0.25) is 5.02 Å². The zero-order valence-electron chi connectivity index (χ0n) is 15.5. The average Bonchev–Trinajstić information content (AvgIpc) is 2.95. The van der Waals surface area contributed by atoms with Crippen LogP contribution in [0.4, 0.5) is 4.79 Å². The lowest BCUT2D eigenvalue weighted by molar-refractivity contribution is -0.123. The van der Waals surface area contributed by atoms with Crippen LogP contribution in [0.1, 0.15) is 11.1 Å². The van der Waals surface area contributed by atoms with Crippen LogP contribution in [0.3, 0.4) is 0 Å². The molecule has 5 nitrogen and oxygen atoms in total. The minimum absolute atomic E-state index is 0.203. The van der Waals surface area contributed by atoms with E-state index < -0.39 is 0 Å². The van der Waals surface area contributed by atoms with Gasteiger partial charge in [0, 0.05) is 5.02 Å². The molecule has 0 bridgehead atoms. The highest BCUT2D eigenvalue weighted by Crippen LogP contribution is 2.37. The van der Waals surface area contributed by atoms with Crippen LogP contribution in [0.5, 0.6) is 11.5 Å². The maximum Gasteiger partial charge on any atom is 0.293 e. The monoisotopic (exact) mass is 541 g/mol. The summed E-state index contributed by atoms with van der Waals surface area (Å²) in [5.41, 5.74) is 1.58. The Labute approximate surface area is 191 Å². The molecule has 1 saturated heterocycles. The maximum atomic E-state index is 12.8. The first-order chi connectivity index (χ1) is 13.9. The standard InChI is InChI=1S/C21H17ClINO4S/c1-3-8-28-19-16(23)9-14(10-17(19)27-2)11-18-20(25)24(21(26)29-18)12-13-4-6-15(22)7-5-13/h3-7,9-11H,1,8,12H2,2H3/b18-11-. The molecule has 150 valence electrons. The molecule has 0 spiro atoms. The van der Waals surface area contributed by atoms with Crippen molar-refractivity contribution < 1.29 is 19.1 Å². The lowest BCUT2D eigenvalue weighted by Gasteiger charge is -2.13. The molecule has 0 N–H and O–H groups in total. The number of rotatable bonds is 7. The van der Waals surface area contributed by atoms with Gasteiger partial charge in [0.15, 0.2) is 11.5 Å². The van der Waals surface area contributed by atoms with Crippen LogP contribution >= 0.6 is 46.0 Å². The predicted octanol–water partition coefficient (Wildman–Crippen LogP) is 5.75. The van der Waals surface area contributed by atoms with Gasteiger partial charge in [-0.2, -0.15) is 0 Å². The number of halogens is 2. The molecule has 0 atom stereocenters. The van der Waals surface area contributed by atoms with Gasteiger partial charge in [-0.1, -0.05) is 36.4 Å². The SMILES string of the molecule is C=CCOc1c(I)cc(/C=C2\SC(=O)N(Cc3ccc(Cl)cc3)C2=O)cc1OC. The van der Waals surface area contributed by atoms with Crippen LogP contribution in [0, 0.1) is 3.57 Å². The molecule has 1 fully saturated rings. The zero-order valence-corrected chi connectivity index (χ0v) is 19.2. The van der Waals surface area contributed by atoms with Crippen molar-refractivity contribution in [3.63, 3.8) is 0 Å². The largest absolute Gasteiger partial charge is 0.493 e. The number of nitrogens with zero attached hydrogens (tertiary/aromatic N) is 1. The summed E-state index contributed by atoms with van der Waals surface area (Å²) in [6.45, 7) is 4.20. The number of hydrogen-bond donors (Lipinski definition) is 0. The summed E-state index contributed by atoms with van der Waals surface area (Å²) in [6, 6.07) is 10.7. The number of methoxy groups -OCH3 is 1. The molecule has 0 aliphatic carbocycles. The van der Waals surface area contributed by atoms with Crippen molar-refractivity contribution in [3.8, 4) is 11.5 Å². The second-order valence-electron chi connectivity index (χ2n) is 6.03. The molecule has 2 amide bonds. The smallest absolute Gasteiger partial charge is 0.293 e. The summed E-state index contributed by atoms with van der Waals surface area (Å²) >= 11 is 8.96. The van der Waals surface area contributed by atoms with Gasteiger partial charge in [0.1, 0.15) is 6.61 Å². The van der Waals surface area contributed by atoms with E-state index in [-0.39, 0.29) is 17.7 Å². The minimum atomic E-state index is -0.323. The Kier molecular flexibility index (Phi) is 7.26. The van der Waals surface area contributed by atoms with E-state index in [0.29, 0.717) is 28.0 Å². The number of amides is 2. The molecule has 2 aromatic rings. The van der Waals surface area contributed by atoms with Crippen LogP contribution < -0.4 is 9.47 Å². The maximum absolute atomic E-state index is 12.8. The lowest BCUT2D eigenvalue weighted by Crippen LogP contribution is -2.27. The molecule has 0 saturated carbocycles. The summed E-state index contributed by atoms with van der Waals surface area (Å²) in [5.74, 6) is 0.835. The molecule has 3 rings (SSSR count). The fourth-order valence-corrected chi connectivity index (χ4v) is 4.41. The van der Waals surface area contributed by atoms with E-state index in [1.54, 1.807) is 49.6 Å². The number of carbonyl (C=O) groups is 2. The zero-order chi connectivity index (χ0) is 21.0. The van der Waals surface area contributed by atoms with Gasteiger partial charge in [-0.3, -0.25) is 14.5 Å². The van der Waals surface area contributed by atoms with E-state index in [2.05, 4.69) is 29.2 Å². The fourth-order valence-electron chi connectivity index (χ4n) is 2.67. The first-order valence-corrected chi connectivity index (χ1v) is 10.8. The Morgan fingerprint density at radius 3 is 2.62 bits per heavy atom. The van der Waals surface area contributed by atoms with E-state index in [4.69, 9.17) is 21.1 Å². The molecule has 0 aromatic heterocycles. The molecule has 0 radical (unpaired) electrons. The van der Waals surface area contributed by atoms with Gasteiger partial charge < -0.3 is 9.47 Å². The van der Waals surface area contributed by atoms with Gasteiger partial charge >= 0.3 is 0 Å². The van der Waals surface area contributed by atoms with Crippen molar-refractivity contribution in [1.82, 2.24) is 4.90 Å². The molecule has 1 aliphatic heterocycles. The Bertz CT molecular complexity index is 991. The number of carbonyl (C=O) groups excluding carboxylic acids is 2. The van der Waals surface area contributed by atoms with Gasteiger partial charge in [0.25, 0.3) is 11.1 Å². The van der Waals surface area contributed by atoms with Crippen molar-refractivity contribution in [3.05, 3.63) is 73.7 Å². The number of imide groups is 1. The minimum Gasteiger partial charge on any atom is -0.493 e. The Balaban J connectivity index is 1.84. The molecule has 1 heterocycles. The molecule has 29 heavy (non-hydrogen) atoms. The van der Waals surface area contributed by atoms with E-state index in [1.165, 1.54) is 4.90 Å². The third-order valence-electron chi connectivity index (χ3n) is 4.02. The molecule has 2 aromatic carbocycles. The van der Waals surface area contributed by atoms with E-state index in [9.17, 15) is 9.59 Å². The topological polar surface area (TPSA) is 55.8 Å². The first kappa shape index (κ1) is 21.7. The fraction of sp³-hybridized carbons (Fsp3) is 0.143. The van der Waals surface area contributed by atoms with Gasteiger partial charge in [-0.25, -0.2) is 0 Å². The van der Waals surface area contributed by atoms with Crippen LogP contribution in [0.15, 0.2) is 54.0 Å². The number of thioether (sulfide) groups is 1. The second kappa shape index (κ2) is 9.69. The van der Waals surface area contributed by atoms with Crippen molar-refractivity contribution in [2.75, 3.05) is 13.7 Å². The predicted molar refractivity (Wildman–Crippen MR) is 124 cm³/mol. The van der Waals surface area contributed by atoms with Gasteiger partial charge in [0.2, 0.25) is 0 Å². The highest BCUT2D eigenvalue weighted by atomic mass is 127. The molecular formula is C21H17ClINO4S. The van der Waals surface area contributed by atoms with Crippen LogP contribution in [0.25, 0.3) is 6.08 Å². The Morgan fingerprint density at radius 1 is 1.24 bits per heavy atom. The van der Waals surface area contributed by atoms with Crippen molar-refractivity contribution in [1.29, 1.82) is 0 Å². The van der Waals surface area contributed by atoms with Crippen molar-refractivity contribution in [2.24, 2.45) is 0 Å². The number of benzene rings is 2. The van der Waals surface area contributed by atoms with E-state index >= 15 is 0 Å². The summed E-state index contributed by atoms with van der Waals surface area (Å²) in [5, 5.41) is 0.302. The van der Waals surface area contributed by atoms with Gasteiger partial charge in [0.05, 0.1) is 22.1 Å². The number of ether oxygens (including phenoxy) is 2. The highest BCUT2D eigenvalue weighted by Gasteiger charge is 2.35. The first-order valence-electron chi connectivity index (χ1n) is 8.54. The third-order valence-corrected chi connectivity index (χ3v) is 5.98. The molecule has 1 aliphatic rings. The summed E-state index contributed by atoms with van der Waals surface area (Å²) in [7, 11) is 1.55.